The van der Waals surface area contributed by atoms with Crippen LogP contribution in [0.4, 0.5) is 15.8 Å². The molecule has 0 bridgehead atoms. The molecular formula is C18H14ClFN4O3. The van der Waals surface area contributed by atoms with E-state index in [1.54, 1.807) is 11.0 Å². The SMILES string of the molecule is N#Cc1ccc(C(=O)N2CCN(c3c(Cl)cccc3[N+](=O)[O-])CC2)c(F)c1. The van der Waals surface area contributed by atoms with E-state index in [0.717, 1.165) is 6.07 Å². The number of carbonyl (C=O) groups excluding carboxylic acids is 1. The van der Waals surface area contributed by atoms with E-state index in [0.29, 0.717) is 18.8 Å². The van der Waals surface area contributed by atoms with Crippen molar-refractivity contribution >= 4 is 28.9 Å². The predicted molar refractivity (Wildman–Crippen MR) is 97.3 cm³/mol. The average molecular weight is 389 g/mol. The van der Waals surface area contributed by atoms with Gasteiger partial charge in [-0.3, -0.25) is 14.9 Å². The summed E-state index contributed by atoms with van der Waals surface area (Å²) in [5, 5.41) is 20.3. The molecule has 1 saturated heterocycles. The van der Waals surface area contributed by atoms with E-state index >= 15 is 0 Å². The molecule has 0 radical (unpaired) electrons. The number of nitrogens with zero attached hydrogens (tertiary/aromatic N) is 4. The minimum Gasteiger partial charge on any atom is -0.361 e. The van der Waals surface area contributed by atoms with Gasteiger partial charge in [-0.1, -0.05) is 17.7 Å². The summed E-state index contributed by atoms with van der Waals surface area (Å²) in [6.07, 6.45) is 0. The molecule has 138 valence electrons. The number of rotatable bonds is 3. The monoisotopic (exact) mass is 388 g/mol. The molecular weight excluding hydrogens is 375 g/mol. The standard InChI is InChI=1S/C18H14ClFN4O3/c19-14-2-1-3-16(24(26)27)17(14)22-6-8-23(9-7-22)18(25)13-5-4-12(11-21)10-15(13)20/h1-5,10H,6-9H2. The highest BCUT2D eigenvalue weighted by Gasteiger charge is 2.28. The van der Waals surface area contributed by atoms with Crippen molar-refractivity contribution in [3.63, 3.8) is 0 Å². The summed E-state index contributed by atoms with van der Waals surface area (Å²) in [5.74, 6) is -1.23. The van der Waals surface area contributed by atoms with E-state index in [-0.39, 0.29) is 34.9 Å². The number of nitriles is 1. The molecule has 1 aliphatic rings. The van der Waals surface area contributed by atoms with Gasteiger partial charge in [-0.05, 0) is 24.3 Å². The number of carbonyl (C=O) groups is 1. The third-order valence-electron chi connectivity index (χ3n) is 4.37. The lowest BCUT2D eigenvalue weighted by Crippen LogP contribution is -2.49. The average Bonchev–Trinajstić information content (AvgIpc) is 2.67. The van der Waals surface area contributed by atoms with Crippen molar-refractivity contribution < 1.29 is 14.1 Å². The molecule has 0 atom stereocenters. The van der Waals surface area contributed by atoms with Gasteiger partial charge in [0.15, 0.2) is 0 Å². The van der Waals surface area contributed by atoms with Gasteiger partial charge in [-0.25, -0.2) is 4.39 Å². The summed E-state index contributed by atoms with van der Waals surface area (Å²) in [4.78, 5) is 26.5. The molecule has 1 aliphatic heterocycles. The van der Waals surface area contributed by atoms with Gasteiger partial charge in [0, 0.05) is 32.2 Å². The maximum Gasteiger partial charge on any atom is 0.294 e. The summed E-state index contributed by atoms with van der Waals surface area (Å²) >= 11 is 6.15. The first-order valence-corrected chi connectivity index (χ1v) is 8.47. The molecule has 3 rings (SSSR count). The molecule has 1 heterocycles. The quantitative estimate of drug-likeness (QED) is 0.594. The number of nitro groups is 1. The molecule has 9 heteroatoms. The minimum atomic E-state index is -0.747. The van der Waals surface area contributed by atoms with E-state index in [2.05, 4.69) is 0 Å². The summed E-state index contributed by atoms with van der Waals surface area (Å²) in [6.45, 7) is 1.18. The molecule has 2 aromatic rings. The topological polar surface area (TPSA) is 90.5 Å². The number of benzene rings is 2. The molecule has 0 aliphatic carbocycles. The lowest BCUT2D eigenvalue weighted by Gasteiger charge is -2.36. The second-order valence-electron chi connectivity index (χ2n) is 5.95. The maximum absolute atomic E-state index is 14.1. The van der Waals surface area contributed by atoms with Gasteiger partial charge in [0.25, 0.3) is 11.6 Å². The Morgan fingerprint density at radius 3 is 2.52 bits per heavy atom. The van der Waals surface area contributed by atoms with Crippen molar-refractivity contribution in [1.82, 2.24) is 4.90 Å². The normalized spacial score (nSPS) is 14.0. The van der Waals surface area contributed by atoms with E-state index in [1.807, 2.05) is 6.07 Å². The van der Waals surface area contributed by atoms with Crippen LogP contribution in [0.25, 0.3) is 0 Å². The van der Waals surface area contributed by atoms with E-state index in [1.165, 1.54) is 29.2 Å². The van der Waals surface area contributed by atoms with Crippen molar-refractivity contribution in [2.24, 2.45) is 0 Å². The van der Waals surface area contributed by atoms with E-state index in [9.17, 15) is 19.3 Å². The highest BCUT2D eigenvalue weighted by molar-refractivity contribution is 6.33. The first-order valence-electron chi connectivity index (χ1n) is 8.09. The van der Waals surface area contributed by atoms with Crippen LogP contribution in [0.15, 0.2) is 36.4 Å². The second-order valence-corrected chi connectivity index (χ2v) is 6.36. The lowest BCUT2D eigenvalue weighted by atomic mass is 10.1. The van der Waals surface area contributed by atoms with Crippen LogP contribution in [-0.2, 0) is 0 Å². The summed E-state index contributed by atoms with van der Waals surface area (Å²) < 4.78 is 14.1. The van der Waals surface area contributed by atoms with E-state index in [4.69, 9.17) is 16.9 Å². The van der Waals surface area contributed by atoms with Crippen LogP contribution in [0, 0.1) is 27.3 Å². The number of hydrogen-bond donors (Lipinski definition) is 0. The van der Waals surface area contributed by atoms with Gasteiger partial charge < -0.3 is 9.80 Å². The summed E-state index contributed by atoms with van der Waals surface area (Å²) in [5.41, 5.74) is 0.257. The van der Waals surface area contributed by atoms with Gasteiger partial charge in [-0.15, -0.1) is 0 Å². The Morgan fingerprint density at radius 1 is 1.22 bits per heavy atom. The Kier molecular flexibility index (Phi) is 5.23. The number of amides is 1. The highest BCUT2D eigenvalue weighted by atomic mass is 35.5. The third kappa shape index (κ3) is 3.68. The van der Waals surface area contributed by atoms with Crippen molar-refractivity contribution in [3.8, 4) is 6.07 Å². The molecule has 2 aromatic carbocycles. The van der Waals surface area contributed by atoms with E-state index < -0.39 is 16.6 Å². The zero-order valence-electron chi connectivity index (χ0n) is 14.1. The number of halogens is 2. The highest BCUT2D eigenvalue weighted by Crippen LogP contribution is 2.35. The van der Waals surface area contributed by atoms with Crippen molar-refractivity contribution in [1.29, 1.82) is 5.26 Å². The fourth-order valence-electron chi connectivity index (χ4n) is 3.03. The summed E-state index contributed by atoms with van der Waals surface area (Å²) in [6, 6.07) is 9.99. The Balaban J connectivity index is 1.76. The van der Waals surface area contributed by atoms with Gasteiger partial charge in [0.2, 0.25) is 0 Å². The molecule has 0 aromatic heterocycles. The van der Waals surface area contributed by atoms with Gasteiger partial charge >= 0.3 is 0 Å². The smallest absolute Gasteiger partial charge is 0.294 e. The van der Waals surface area contributed by atoms with Crippen LogP contribution in [0.5, 0.6) is 0 Å². The molecule has 1 amide bonds. The Morgan fingerprint density at radius 2 is 1.93 bits per heavy atom. The van der Waals surface area contributed by atoms with Crippen molar-refractivity contribution in [3.05, 3.63) is 68.5 Å². The zero-order valence-corrected chi connectivity index (χ0v) is 14.8. The molecule has 0 unspecified atom stereocenters. The van der Waals surface area contributed by atoms with Gasteiger partial charge in [0.1, 0.15) is 11.5 Å². The van der Waals surface area contributed by atoms with Crippen LogP contribution < -0.4 is 4.90 Å². The number of piperazine rings is 1. The van der Waals surface area contributed by atoms with Crippen molar-refractivity contribution in [2.75, 3.05) is 31.1 Å². The molecule has 0 saturated carbocycles. The fraction of sp³-hybridized carbons (Fsp3) is 0.222. The van der Waals surface area contributed by atoms with Crippen LogP contribution in [0.1, 0.15) is 15.9 Å². The number of para-hydroxylation sites is 1. The number of hydrogen-bond acceptors (Lipinski definition) is 5. The first kappa shape index (κ1) is 18.6. The van der Waals surface area contributed by atoms with Crippen molar-refractivity contribution in [2.45, 2.75) is 0 Å². The maximum atomic E-state index is 14.1. The Bertz CT molecular complexity index is 952. The molecule has 7 nitrogen and oxygen atoms in total. The largest absolute Gasteiger partial charge is 0.361 e. The molecule has 1 fully saturated rings. The summed E-state index contributed by atoms with van der Waals surface area (Å²) in [7, 11) is 0. The van der Waals surface area contributed by atoms with Crippen LogP contribution in [0.2, 0.25) is 5.02 Å². The van der Waals surface area contributed by atoms with Gasteiger partial charge in [0.05, 0.1) is 27.1 Å². The first-order chi connectivity index (χ1) is 12.9. The Labute approximate surface area is 159 Å². The minimum absolute atomic E-state index is 0.0968. The number of nitro benzene ring substituents is 1. The second kappa shape index (κ2) is 7.60. The predicted octanol–water partition coefficient (Wildman–Crippen LogP) is 3.22. The Hall–Kier alpha value is -3.18. The van der Waals surface area contributed by atoms with Gasteiger partial charge in [-0.2, -0.15) is 5.26 Å². The molecule has 0 N–H and O–H groups in total. The molecule has 27 heavy (non-hydrogen) atoms. The molecule has 0 spiro atoms. The third-order valence-corrected chi connectivity index (χ3v) is 4.68. The van der Waals surface area contributed by atoms with Crippen LogP contribution in [-0.4, -0.2) is 41.9 Å². The zero-order chi connectivity index (χ0) is 19.6. The number of anilines is 1. The fourth-order valence-corrected chi connectivity index (χ4v) is 3.31. The van der Waals surface area contributed by atoms with Crippen LogP contribution in [0.3, 0.4) is 0 Å². The van der Waals surface area contributed by atoms with Crippen LogP contribution >= 0.6 is 11.6 Å². The lowest BCUT2D eigenvalue weighted by molar-refractivity contribution is -0.384.